The van der Waals surface area contributed by atoms with Crippen molar-refractivity contribution in [2.75, 3.05) is 0 Å². The molecule has 1 aromatic rings. The normalized spacial score (nSPS) is 13.1. The van der Waals surface area contributed by atoms with E-state index in [2.05, 4.69) is 11.9 Å². The lowest BCUT2D eigenvalue weighted by Gasteiger charge is -1.97. The molecule has 0 heterocycles. The second kappa shape index (κ2) is 4.61. The van der Waals surface area contributed by atoms with Crippen LogP contribution in [-0.2, 0) is 0 Å². The third kappa shape index (κ3) is 3.44. The van der Waals surface area contributed by atoms with E-state index in [1.54, 1.807) is 0 Å². The molecule has 14 heavy (non-hydrogen) atoms. The molecule has 1 rings (SSSR count). The molecule has 0 spiro atoms. The molecule has 0 bridgehead atoms. The molecule has 0 aliphatic rings. The molecular formula is C12H16N2. The van der Waals surface area contributed by atoms with Crippen LogP contribution in [0.3, 0.4) is 0 Å². The minimum absolute atomic E-state index is 0.776. The number of nitrogens with zero attached hydrogens (tertiary/aromatic N) is 1. The molecule has 0 aromatic heterocycles. The van der Waals surface area contributed by atoms with E-state index >= 15 is 0 Å². The van der Waals surface area contributed by atoms with Gasteiger partial charge in [0.05, 0.1) is 5.69 Å². The number of aliphatic imine (C=N–C) groups is 1. The van der Waals surface area contributed by atoms with Gasteiger partial charge in [0.15, 0.2) is 0 Å². The number of hydrogen-bond donors (Lipinski definition) is 1. The van der Waals surface area contributed by atoms with Crippen LogP contribution in [0.2, 0.25) is 0 Å². The maximum atomic E-state index is 5.55. The molecule has 0 saturated heterocycles. The van der Waals surface area contributed by atoms with E-state index in [0.717, 1.165) is 17.1 Å². The van der Waals surface area contributed by atoms with Crippen molar-refractivity contribution in [3.8, 4) is 0 Å². The van der Waals surface area contributed by atoms with Crippen molar-refractivity contribution in [1.29, 1.82) is 0 Å². The molecule has 74 valence electrons. The Morgan fingerprint density at radius 1 is 1.21 bits per heavy atom. The molecule has 2 nitrogen and oxygen atoms in total. The smallest absolute Gasteiger partial charge is 0.0633 e. The van der Waals surface area contributed by atoms with Gasteiger partial charge in [-0.25, -0.2) is 0 Å². The van der Waals surface area contributed by atoms with Gasteiger partial charge < -0.3 is 5.73 Å². The summed E-state index contributed by atoms with van der Waals surface area (Å²) in [5, 5.41) is 0. The molecule has 1 aromatic carbocycles. The molecule has 2 heteroatoms. The molecule has 0 aliphatic carbocycles. The van der Waals surface area contributed by atoms with E-state index in [0.29, 0.717) is 0 Å². The molecule has 0 fully saturated rings. The minimum atomic E-state index is 0.776. The van der Waals surface area contributed by atoms with Gasteiger partial charge in [0.1, 0.15) is 0 Å². The van der Waals surface area contributed by atoms with Crippen LogP contribution in [0.5, 0.6) is 0 Å². The second-order valence-corrected chi connectivity index (χ2v) is 3.48. The lowest BCUT2D eigenvalue weighted by Crippen LogP contribution is -1.94. The van der Waals surface area contributed by atoms with Crippen LogP contribution in [0, 0.1) is 6.92 Å². The van der Waals surface area contributed by atoms with Crippen LogP contribution in [-0.4, -0.2) is 5.71 Å². The maximum Gasteiger partial charge on any atom is 0.0633 e. The fourth-order valence-corrected chi connectivity index (χ4v) is 1.18. The standard InChI is InChI=1S/C12H16N2/c1-9-4-6-12(7-5-9)14-11(3)8-10(2)13/h4-8H,13H2,1-3H3/b10-8-,14-11?. The highest BCUT2D eigenvalue weighted by atomic mass is 14.7. The van der Waals surface area contributed by atoms with Crippen LogP contribution in [0.15, 0.2) is 41.0 Å². The number of hydrogen-bond acceptors (Lipinski definition) is 2. The Balaban J connectivity index is 2.87. The SMILES string of the molecule is CC(/C=C(/C)N)=Nc1ccc(C)cc1. The molecule has 0 radical (unpaired) electrons. The van der Waals surface area contributed by atoms with Crippen molar-refractivity contribution in [3.63, 3.8) is 0 Å². The third-order valence-corrected chi connectivity index (χ3v) is 1.78. The summed E-state index contributed by atoms with van der Waals surface area (Å²) in [5.41, 5.74) is 9.46. The molecule has 0 aliphatic heterocycles. The van der Waals surface area contributed by atoms with Gasteiger partial charge in [0, 0.05) is 11.4 Å². The van der Waals surface area contributed by atoms with Gasteiger partial charge in [-0.1, -0.05) is 17.7 Å². The summed E-state index contributed by atoms with van der Waals surface area (Å²) in [5.74, 6) is 0. The predicted molar refractivity (Wildman–Crippen MR) is 61.9 cm³/mol. The van der Waals surface area contributed by atoms with Gasteiger partial charge in [-0.15, -0.1) is 0 Å². The lowest BCUT2D eigenvalue weighted by atomic mass is 10.2. The Labute approximate surface area is 85.2 Å². The number of rotatable bonds is 2. The van der Waals surface area contributed by atoms with Crippen LogP contribution < -0.4 is 5.73 Å². The van der Waals surface area contributed by atoms with Crippen molar-refractivity contribution >= 4 is 11.4 Å². The summed E-state index contributed by atoms with van der Waals surface area (Å²) in [4.78, 5) is 4.40. The van der Waals surface area contributed by atoms with E-state index in [9.17, 15) is 0 Å². The predicted octanol–water partition coefficient (Wildman–Crippen LogP) is 2.95. The molecule has 0 atom stereocenters. The first kappa shape index (κ1) is 10.5. The zero-order valence-electron chi connectivity index (χ0n) is 8.91. The zero-order valence-corrected chi connectivity index (χ0v) is 8.91. The third-order valence-electron chi connectivity index (χ3n) is 1.78. The van der Waals surface area contributed by atoms with Crippen molar-refractivity contribution in [2.24, 2.45) is 10.7 Å². The van der Waals surface area contributed by atoms with E-state index < -0.39 is 0 Å². The Kier molecular flexibility index (Phi) is 3.46. The highest BCUT2D eigenvalue weighted by Crippen LogP contribution is 2.12. The van der Waals surface area contributed by atoms with Crippen LogP contribution >= 0.6 is 0 Å². The Morgan fingerprint density at radius 2 is 1.79 bits per heavy atom. The summed E-state index contributed by atoms with van der Waals surface area (Å²) in [6.45, 7) is 5.86. The first-order valence-electron chi connectivity index (χ1n) is 4.63. The minimum Gasteiger partial charge on any atom is -0.402 e. The summed E-state index contributed by atoms with van der Waals surface area (Å²) in [6, 6.07) is 8.09. The number of nitrogens with two attached hydrogens (primary N) is 1. The topological polar surface area (TPSA) is 38.4 Å². The van der Waals surface area contributed by atoms with E-state index in [4.69, 9.17) is 5.73 Å². The van der Waals surface area contributed by atoms with Crippen LogP contribution in [0.25, 0.3) is 0 Å². The summed E-state index contributed by atoms with van der Waals surface area (Å²) in [7, 11) is 0. The number of allylic oxidation sites excluding steroid dienone is 2. The highest BCUT2D eigenvalue weighted by Gasteiger charge is 1.90. The average Bonchev–Trinajstić information content (AvgIpc) is 2.07. The van der Waals surface area contributed by atoms with E-state index in [-0.39, 0.29) is 0 Å². The van der Waals surface area contributed by atoms with Crippen molar-refractivity contribution in [3.05, 3.63) is 41.6 Å². The summed E-state index contributed by atoms with van der Waals surface area (Å²) in [6.07, 6.45) is 1.86. The number of benzene rings is 1. The van der Waals surface area contributed by atoms with Crippen molar-refractivity contribution in [2.45, 2.75) is 20.8 Å². The van der Waals surface area contributed by atoms with Crippen molar-refractivity contribution < 1.29 is 0 Å². The average molecular weight is 188 g/mol. The Hall–Kier alpha value is -1.57. The van der Waals surface area contributed by atoms with E-state index in [1.165, 1.54) is 5.56 Å². The molecule has 0 unspecified atom stereocenters. The molecule has 0 saturated carbocycles. The van der Waals surface area contributed by atoms with Crippen LogP contribution in [0.1, 0.15) is 19.4 Å². The number of aryl methyl sites for hydroxylation is 1. The van der Waals surface area contributed by atoms with Gasteiger partial charge in [-0.2, -0.15) is 0 Å². The first-order chi connectivity index (χ1) is 6.58. The van der Waals surface area contributed by atoms with Gasteiger partial charge >= 0.3 is 0 Å². The van der Waals surface area contributed by atoms with Gasteiger partial charge in [0.2, 0.25) is 0 Å². The quantitative estimate of drug-likeness (QED) is 0.712. The maximum absolute atomic E-state index is 5.55. The highest BCUT2D eigenvalue weighted by molar-refractivity contribution is 5.95. The Bertz CT molecular complexity index is 354. The fraction of sp³-hybridized carbons (Fsp3) is 0.250. The lowest BCUT2D eigenvalue weighted by molar-refractivity contribution is 1.32. The summed E-state index contributed by atoms with van der Waals surface area (Å²) < 4.78 is 0. The van der Waals surface area contributed by atoms with Gasteiger partial charge in [-0.05, 0) is 39.0 Å². The Morgan fingerprint density at radius 3 is 2.29 bits per heavy atom. The van der Waals surface area contributed by atoms with E-state index in [1.807, 2.05) is 44.2 Å². The zero-order chi connectivity index (χ0) is 10.6. The molecular weight excluding hydrogens is 172 g/mol. The van der Waals surface area contributed by atoms with Gasteiger partial charge in [0.25, 0.3) is 0 Å². The molecule has 0 amide bonds. The fourth-order valence-electron chi connectivity index (χ4n) is 1.18. The first-order valence-corrected chi connectivity index (χ1v) is 4.63. The van der Waals surface area contributed by atoms with Crippen LogP contribution in [0.4, 0.5) is 5.69 Å². The largest absolute Gasteiger partial charge is 0.402 e. The van der Waals surface area contributed by atoms with Crippen molar-refractivity contribution in [1.82, 2.24) is 0 Å². The molecule has 2 N–H and O–H groups in total. The van der Waals surface area contributed by atoms with Gasteiger partial charge in [-0.3, -0.25) is 4.99 Å². The monoisotopic (exact) mass is 188 g/mol. The summed E-state index contributed by atoms with van der Waals surface area (Å²) >= 11 is 0. The second-order valence-electron chi connectivity index (χ2n) is 3.48.